The van der Waals surface area contributed by atoms with Gasteiger partial charge in [-0.05, 0) is 32.6 Å². The van der Waals surface area contributed by atoms with Gasteiger partial charge in [0.25, 0.3) is 11.8 Å². The van der Waals surface area contributed by atoms with Crippen LogP contribution in [0.2, 0.25) is 0 Å². The molecule has 0 aromatic carbocycles. The fourth-order valence-electron chi connectivity index (χ4n) is 2.88. The Morgan fingerprint density at radius 3 is 2.35 bits per heavy atom. The molecule has 3 N–H and O–H groups in total. The molecular weight excluding hydrogens is 298 g/mol. The Kier molecular flexibility index (Phi) is 8.61. The van der Waals surface area contributed by atoms with Gasteiger partial charge in [-0.1, -0.05) is 19.8 Å². The number of amides is 3. The molecule has 0 bridgehead atoms. The van der Waals surface area contributed by atoms with Crippen LogP contribution in [-0.4, -0.2) is 50.2 Å². The van der Waals surface area contributed by atoms with E-state index in [-0.39, 0.29) is 31.6 Å². The molecule has 7 heteroatoms. The van der Waals surface area contributed by atoms with Gasteiger partial charge in [0.1, 0.15) is 0 Å². The minimum absolute atomic E-state index is 0.0375. The Morgan fingerprint density at radius 2 is 1.74 bits per heavy atom. The molecule has 0 spiro atoms. The third-order valence-electron chi connectivity index (χ3n) is 4.30. The lowest BCUT2D eigenvalue weighted by atomic mass is 9.86. The van der Waals surface area contributed by atoms with Gasteiger partial charge in [-0.3, -0.25) is 14.9 Å². The number of hydrogen-bond acceptors (Lipinski definition) is 4. The van der Waals surface area contributed by atoms with Crippen LogP contribution in [0.3, 0.4) is 0 Å². The summed E-state index contributed by atoms with van der Waals surface area (Å²) >= 11 is 0. The smallest absolute Gasteiger partial charge is 0.414 e. The zero-order chi connectivity index (χ0) is 17.2. The van der Waals surface area contributed by atoms with E-state index >= 15 is 0 Å². The number of quaternary nitrogens is 1. The van der Waals surface area contributed by atoms with E-state index < -0.39 is 12.0 Å². The highest BCUT2D eigenvalue weighted by atomic mass is 16.5. The average Bonchev–Trinajstić information content (AvgIpc) is 2.49. The lowest BCUT2D eigenvalue weighted by Gasteiger charge is -2.29. The van der Waals surface area contributed by atoms with Crippen LogP contribution in [0.15, 0.2) is 0 Å². The second kappa shape index (κ2) is 10.2. The zero-order valence-corrected chi connectivity index (χ0v) is 14.4. The largest absolute Gasteiger partial charge is 0.450 e. The van der Waals surface area contributed by atoms with Crippen LogP contribution in [-0.2, 0) is 14.3 Å². The van der Waals surface area contributed by atoms with E-state index in [0.29, 0.717) is 12.5 Å². The number of alkyl carbamates (subject to hydrolysis) is 1. The van der Waals surface area contributed by atoms with Crippen molar-refractivity contribution < 1.29 is 24.0 Å². The van der Waals surface area contributed by atoms with Crippen LogP contribution < -0.4 is 15.5 Å². The minimum Gasteiger partial charge on any atom is -0.450 e. The molecule has 0 saturated heterocycles. The molecule has 0 aliphatic heterocycles. The lowest BCUT2D eigenvalue weighted by Crippen LogP contribution is -3.14. The topological polar surface area (TPSA) is 88.9 Å². The van der Waals surface area contributed by atoms with Gasteiger partial charge < -0.3 is 15.0 Å². The highest BCUT2D eigenvalue weighted by molar-refractivity contribution is 5.92. The first-order valence-corrected chi connectivity index (χ1v) is 8.55. The molecule has 0 heterocycles. The predicted molar refractivity (Wildman–Crippen MR) is 86.0 cm³/mol. The van der Waals surface area contributed by atoms with E-state index in [1.807, 2.05) is 6.92 Å². The maximum atomic E-state index is 12.2. The fourth-order valence-corrected chi connectivity index (χ4v) is 2.88. The molecule has 1 fully saturated rings. The molecule has 1 unspecified atom stereocenters. The van der Waals surface area contributed by atoms with Gasteiger partial charge in [-0.15, -0.1) is 0 Å². The maximum absolute atomic E-state index is 12.2. The van der Waals surface area contributed by atoms with Gasteiger partial charge in [0.05, 0.1) is 13.2 Å². The van der Waals surface area contributed by atoms with Crippen LogP contribution in [0.25, 0.3) is 0 Å². The van der Waals surface area contributed by atoms with Crippen LogP contribution >= 0.6 is 0 Å². The number of hydrogen-bond donors (Lipinski definition) is 3. The normalized spacial score (nSPS) is 22.0. The van der Waals surface area contributed by atoms with Crippen molar-refractivity contribution in [2.45, 2.75) is 52.5 Å². The molecule has 3 atom stereocenters. The number of imide groups is 1. The van der Waals surface area contributed by atoms with Crippen LogP contribution in [0.5, 0.6) is 0 Å². The number of carbonyl (C=O) groups excluding carboxylic acids is 3. The monoisotopic (exact) mass is 328 g/mol. The summed E-state index contributed by atoms with van der Waals surface area (Å²) < 4.78 is 4.66. The summed E-state index contributed by atoms with van der Waals surface area (Å²) in [6.45, 7) is 6.89. The first-order chi connectivity index (χ1) is 11.0. The third kappa shape index (κ3) is 7.45. The Labute approximate surface area is 138 Å². The standard InChI is InChI=1S/C16H29N3O4/c1-4-19(11-15(21)18-16(22)23-5-2)10-14(20)17-13-9-7-6-8-12(13)3/h12-13H,4-11H2,1-3H3,(H,17,20)(H,18,21,22)/p+1/t12-,13+/m0/s1. The fraction of sp³-hybridized carbons (Fsp3) is 0.812. The van der Waals surface area contributed by atoms with Crippen LogP contribution in [0, 0.1) is 5.92 Å². The Hall–Kier alpha value is -1.63. The summed E-state index contributed by atoms with van der Waals surface area (Å²) in [6.07, 6.45) is 3.82. The highest BCUT2D eigenvalue weighted by Crippen LogP contribution is 2.23. The molecule has 1 aliphatic carbocycles. The third-order valence-corrected chi connectivity index (χ3v) is 4.30. The molecule has 1 aliphatic rings. The van der Waals surface area contributed by atoms with Crippen molar-refractivity contribution in [1.29, 1.82) is 0 Å². The van der Waals surface area contributed by atoms with Gasteiger partial charge in [0, 0.05) is 6.04 Å². The maximum Gasteiger partial charge on any atom is 0.414 e. The number of ether oxygens (including phenoxy) is 1. The van der Waals surface area contributed by atoms with E-state index in [1.165, 1.54) is 6.42 Å². The Bertz CT molecular complexity index is 414. The van der Waals surface area contributed by atoms with Crippen molar-refractivity contribution in [2.24, 2.45) is 5.92 Å². The molecule has 1 rings (SSSR count). The summed E-state index contributed by atoms with van der Waals surface area (Å²) in [4.78, 5) is 35.9. The van der Waals surface area contributed by atoms with Crippen LogP contribution in [0.4, 0.5) is 4.79 Å². The second-order valence-electron chi connectivity index (χ2n) is 6.16. The SMILES string of the molecule is CCOC(=O)NC(=O)C[NH+](CC)CC(=O)N[C@@H]1CCCC[C@@H]1C. The number of nitrogens with one attached hydrogen (secondary N) is 3. The van der Waals surface area contributed by atoms with E-state index in [1.54, 1.807) is 6.92 Å². The van der Waals surface area contributed by atoms with Gasteiger partial charge >= 0.3 is 6.09 Å². The minimum atomic E-state index is -0.742. The first kappa shape index (κ1) is 19.4. The molecule has 132 valence electrons. The Morgan fingerprint density at radius 1 is 1.09 bits per heavy atom. The van der Waals surface area contributed by atoms with Crippen molar-refractivity contribution in [3.8, 4) is 0 Å². The van der Waals surface area contributed by atoms with E-state index in [4.69, 9.17) is 0 Å². The summed E-state index contributed by atoms with van der Waals surface area (Å²) in [5, 5.41) is 5.24. The predicted octanol–water partition coefficient (Wildman–Crippen LogP) is -0.141. The first-order valence-electron chi connectivity index (χ1n) is 8.55. The van der Waals surface area contributed by atoms with Crippen LogP contribution in [0.1, 0.15) is 46.5 Å². The van der Waals surface area contributed by atoms with Gasteiger partial charge in [0.15, 0.2) is 13.1 Å². The number of carbonyl (C=O) groups is 3. The van der Waals surface area contributed by atoms with Gasteiger partial charge in [0.2, 0.25) is 0 Å². The van der Waals surface area contributed by atoms with E-state index in [9.17, 15) is 14.4 Å². The molecule has 23 heavy (non-hydrogen) atoms. The van der Waals surface area contributed by atoms with Crippen molar-refractivity contribution >= 4 is 17.9 Å². The molecule has 0 radical (unpaired) electrons. The summed E-state index contributed by atoms with van der Waals surface area (Å²) in [6, 6.07) is 0.239. The van der Waals surface area contributed by atoms with Gasteiger partial charge in [-0.25, -0.2) is 4.79 Å². The highest BCUT2D eigenvalue weighted by Gasteiger charge is 2.25. The van der Waals surface area contributed by atoms with Gasteiger partial charge in [-0.2, -0.15) is 0 Å². The second-order valence-corrected chi connectivity index (χ2v) is 6.16. The number of rotatable bonds is 7. The lowest BCUT2D eigenvalue weighted by molar-refractivity contribution is -0.881. The van der Waals surface area contributed by atoms with Crippen molar-refractivity contribution in [1.82, 2.24) is 10.6 Å². The van der Waals surface area contributed by atoms with Crippen molar-refractivity contribution in [2.75, 3.05) is 26.2 Å². The summed E-state index contributed by atoms with van der Waals surface area (Å²) in [5.74, 6) is 0.0357. The van der Waals surface area contributed by atoms with E-state index in [2.05, 4.69) is 22.3 Å². The average molecular weight is 328 g/mol. The number of likely N-dealkylation sites (N-methyl/N-ethyl adjacent to an activating group) is 1. The molecule has 0 aromatic rings. The zero-order valence-electron chi connectivity index (χ0n) is 14.4. The molecule has 7 nitrogen and oxygen atoms in total. The van der Waals surface area contributed by atoms with Crippen molar-refractivity contribution in [3.05, 3.63) is 0 Å². The Balaban J connectivity index is 2.37. The summed E-state index contributed by atoms with van der Waals surface area (Å²) in [5.41, 5.74) is 0. The molecule has 0 aromatic heterocycles. The molecule has 1 saturated carbocycles. The van der Waals surface area contributed by atoms with E-state index in [0.717, 1.165) is 24.2 Å². The quantitative estimate of drug-likeness (QED) is 0.607. The summed E-state index contributed by atoms with van der Waals surface area (Å²) in [7, 11) is 0. The van der Waals surface area contributed by atoms with Crippen molar-refractivity contribution in [3.63, 3.8) is 0 Å². The molecule has 3 amide bonds. The molecular formula is C16H30N3O4+.